The van der Waals surface area contributed by atoms with Gasteiger partial charge in [-0.1, -0.05) is 12.1 Å². The fourth-order valence-corrected chi connectivity index (χ4v) is 1.85. The molecule has 0 aliphatic carbocycles. The van der Waals surface area contributed by atoms with E-state index in [1.165, 1.54) is 0 Å². The van der Waals surface area contributed by atoms with Crippen LogP contribution in [0, 0.1) is 0 Å². The van der Waals surface area contributed by atoms with E-state index in [0.29, 0.717) is 13.0 Å². The molecule has 2 amide bonds. The second-order valence-corrected chi connectivity index (χ2v) is 5.50. The molecule has 2 atom stereocenters. The van der Waals surface area contributed by atoms with Gasteiger partial charge in [0, 0.05) is 6.54 Å². The molecule has 0 saturated carbocycles. The summed E-state index contributed by atoms with van der Waals surface area (Å²) in [6.45, 7) is 8.02. The van der Waals surface area contributed by atoms with Crippen LogP contribution in [-0.4, -0.2) is 29.9 Å². The van der Waals surface area contributed by atoms with Gasteiger partial charge in [0.05, 0.1) is 18.2 Å². The average Bonchev–Trinajstić information content (AvgIpc) is 2.37. The molecule has 0 saturated heterocycles. The number of urea groups is 1. The van der Waals surface area contributed by atoms with Crippen LogP contribution >= 0.6 is 0 Å². The lowest BCUT2D eigenvalue weighted by Crippen LogP contribution is -2.38. The van der Waals surface area contributed by atoms with E-state index in [1.54, 1.807) is 6.92 Å². The molecule has 3 N–H and O–H groups in total. The van der Waals surface area contributed by atoms with E-state index >= 15 is 0 Å². The number of nitrogens with one attached hydrogen (secondary N) is 2. The predicted molar refractivity (Wildman–Crippen MR) is 83.5 cm³/mol. The SMILES string of the molecule is CC(O)CCNC(=O)NC(C)c1cccc(OC(C)C)c1. The Balaban J connectivity index is 2.50. The number of rotatable bonds is 7. The van der Waals surface area contributed by atoms with Crippen molar-refractivity contribution in [2.45, 2.75) is 52.4 Å². The Morgan fingerprint density at radius 3 is 2.62 bits per heavy atom. The van der Waals surface area contributed by atoms with Crippen molar-refractivity contribution in [3.05, 3.63) is 29.8 Å². The predicted octanol–water partition coefficient (Wildman–Crippen LogP) is 2.60. The van der Waals surface area contributed by atoms with Gasteiger partial charge in [0.15, 0.2) is 0 Å². The Kier molecular flexibility index (Phi) is 7.02. The number of aliphatic hydroxyl groups excluding tert-OH is 1. The Morgan fingerprint density at radius 1 is 1.29 bits per heavy atom. The van der Waals surface area contributed by atoms with Crippen molar-refractivity contribution in [1.29, 1.82) is 0 Å². The molecular weight excluding hydrogens is 268 g/mol. The highest BCUT2D eigenvalue weighted by Gasteiger charge is 2.10. The van der Waals surface area contributed by atoms with Gasteiger partial charge in [-0.15, -0.1) is 0 Å². The van der Waals surface area contributed by atoms with Gasteiger partial charge in [0.25, 0.3) is 0 Å². The van der Waals surface area contributed by atoms with E-state index in [0.717, 1.165) is 11.3 Å². The maximum atomic E-state index is 11.7. The van der Waals surface area contributed by atoms with E-state index in [2.05, 4.69) is 10.6 Å². The Morgan fingerprint density at radius 2 is 2.00 bits per heavy atom. The second kappa shape index (κ2) is 8.52. The maximum absolute atomic E-state index is 11.7. The molecule has 2 unspecified atom stereocenters. The van der Waals surface area contributed by atoms with Gasteiger partial charge in [0.1, 0.15) is 5.75 Å². The van der Waals surface area contributed by atoms with E-state index in [-0.39, 0.29) is 18.2 Å². The fourth-order valence-electron chi connectivity index (χ4n) is 1.85. The first kappa shape index (κ1) is 17.3. The molecule has 0 bridgehead atoms. The van der Waals surface area contributed by atoms with Crippen LogP contribution in [0.15, 0.2) is 24.3 Å². The summed E-state index contributed by atoms with van der Waals surface area (Å²) in [4.78, 5) is 11.7. The number of hydrogen-bond donors (Lipinski definition) is 3. The Hall–Kier alpha value is -1.75. The van der Waals surface area contributed by atoms with E-state index in [1.807, 2.05) is 45.0 Å². The third-order valence-electron chi connectivity index (χ3n) is 2.93. The molecule has 21 heavy (non-hydrogen) atoms. The second-order valence-electron chi connectivity index (χ2n) is 5.50. The first-order chi connectivity index (χ1) is 9.88. The van der Waals surface area contributed by atoms with E-state index in [4.69, 9.17) is 9.84 Å². The third kappa shape index (κ3) is 6.99. The molecule has 5 heteroatoms. The molecule has 1 aromatic rings. The smallest absolute Gasteiger partial charge is 0.315 e. The van der Waals surface area contributed by atoms with E-state index in [9.17, 15) is 4.79 Å². The van der Waals surface area contributed by atoms with Crippen LogP contribution in [0.5, 0.6) is 5.75 Å². The van der Waals surface area contributed by atoms with Gasteiger partial charge in [-0.3, -0.25) is 0 Å². The molecule has 1 aromatic carbocycles. The molecule has 118 valence electrons. The van der Waals surface area contributed by atoms with Crippen molar-refractivity contribution in [3.63, 3.8) is 0 Å². The highest BCUT2D eigenvalue weighted by atomic mass is 16.5. The van der Waals surface area contributed by atoms with Crippen LogP contribution in [0.4, 0.5) is 4.79 Å². The number of carbonyl (C=O) groups excluding carboxylic acids is 1. The van der Waals surface area contributed by atoms with Crippen molar-refractivity contribution in [2.75, 3.05) is 6.54 Å². The van der Waals surface area contributed by atoms with Crippen LogP contribution < -0.4 is 15.4 Å². The molecular formula is C16H26N2O3. The minimum Gasteiger partial charge on any atom is -0.491 e. The summed E-state index contributed by atoms with van der Waals surface area (Å²) in [7, 11) is 0. The van der Waals surface area contributed by atoms with Gasteiger partial charge < -0.3 is 20.5 Å². The van der Waals surface area contributed by atoms with Crippen LogP contribution in [0.25, 0.3) is 0 Å². The molecule has 5 nitrogen and oxygen atoms in total. The first-order valence-corrected chi connectivity index (χ1v) is 7.37. The van der Waals surface area contributed by atoms with Gasteiger partial charge in [-0.2, -0.15) is 0 Å². The third-order valence-corrected chi connectivity index (χ3v) is 2.93. The van der Waals surface area contributed by atoms with Crippen molar-refractivity contribution in [2.24, 2.45) is 0 Å². The van der Waals surface area contributed by atoms with Gasteiger partial charge in [0.2, 0.25) is 0 Å². The molecule has 0 heterocycles. The largest absolute Gasteiger partial charge is 0.491 e. The Labute approximate surface area is 126 Å². The van der Waals surface area contributed by atoms with Crippen molar-refractivity contribution in [3.8, 4) is 5.75 Å². The molecule has 0 aliphatic heterocycles. The highest BCUT2D eigenvalue weighted by Crippen LogP contribution is 2.19. The monoisotopic (exact) mass is 294 g/mol. The van der Waals surface area contributed by atoms with E-state index < -0.39 is 6.10 Å². The summed E-state index contributed by atoms with van der Waals surface area (Å²) in [5.74, 6) is 0.797. The molecule has 0 aromatic heterocycles. The molecule has 0 fully saturated rings. The van der Waals surface area contributed by atoms with Gasteiger partial charge in [-0.05, 0) is 51.8 Å². The number of carbonyl (C=O) groups is 1. The zero-order chi connectivity index (χ0) is 15.8. The maximum Gasteiger partial charge on any atom is 0.315 e. The van der Waals surface area contributed by atoms with Crippen LogP contribution in [-0.2, 0) is 0 Å². The summed E-state index contributed by atoms with van der Waals surface area (Å²) < 4.78 is 5.65. The lowest BCUT2D eigenvalue weighted by Gasteiger charge is -2.17. The average molecular weight is 294 g/mol. The fraction of sp³-hybridized carbons (Fsp3) is 0.562. The summed E-state index contributed by atoms with van der Waals surface area (Å²) in [6, 6.07) is 7.34. The topological polar surface area (TPSA) is 70.6 Å². The van der Waals surface area contributed by atoms with Crippen LogP contribution in [0.1, 0.15) is 45.7 Å². The van der Waals surface area contributed by atoms with Crippen LogP contribution in [0.2, 0.25) is 0 Å². The quantitative estimate of drug-likeness (QED) is 0.724. The summed E-state index contributed by atoms with van der Waals surface area (Å²) in [5.41, 5.74) is 0.985. The number of aliphatic hydroxyl groups is 1. The number of amides is 2. The number of ether oxygens (including phenoxy) is 1. The van der Waals surface area contributed by atoms with Crippen molar-refractivity contribution >= 4 is 6.03 Å². The Bertz CT molecular complexity index is 447. The molecule has 0 spiro atoms. The molecule has 0 aliphatic rings. The number of benzene rings is 1. The summed E-state index contributed by atoms with van der Waals surface area (Å²) in [5, 5.41) is 14.7. The van der Waals surface area contributed by atoms with Crippen LogP contribution in [0.3, 0.4) is 0 Å². The molecule has 1 rings (SSSR count). The lowest BCUT2D eigenvalue weighted by molar-refractivity contribution is 0.183. The van der Waals surface area contributed by atoms with Gasteiger partial charge >= 0.3 is 6.03 Å². The van der Waals surface area contributed by atoms with Crippen molar-refractivity contribution < 1.29 is 14.6 Å². The standard InChI is InChI=1S/C16H26N2O3/c1-11(2)21-15-7-5-6-14(10-15)13(4)18-16(20)17-9-8-12(3)19/h5-7,10-13,19H,8-9H2,1-4H3,(H2,17,18,20). The molecule has 0 radical (unpaired) electrons. The summed E-state index contributed by atoms with van der Waals surface area (Å²) >= 11 is 0. The lowest BCUT2D eigenvalue weighted by atomic mass is 10.1. The van der Waals surface area contributed by atoms with Gasteiger partial charge in [-0.25, -0.2) is 4.79 Å². The minimum absolute atomic E-state index is 0.118. The van der Waals surface area contributed by atoms with Crippen molar-refractivity contribution in [1.82, 2.24) is 10.6 Å². The normalized spacial score (nSPS) is 13.6. The summed E-state index contributed by atoms with van der Waals surface area (Å²) in [6.07, 6.45) is 0.249. The zero-order valence-corrected chi connectivity index (χ0v) is 13.2. The minimum atomic E-state index is -0.410. The first-order valence-electron chi connectivity index (χ1n) is 7.37. The number of hydrogen-bond acceptors (Lipinski definition) is 3. The highest BCUT2D eigenvalue weighted by molar-refractivity contribution is 5.74. The zero-order valence-electron chi connectivity index (χ0n) is 13.2.